The van der Waals surface area contributed by atoms with E-state index < -0.39 is 0 Å². The van der Waals surface area contributed by atoms with E-state index in [1.165, 1.54) is 11.8 Å². The highest BCUT2D eigenvalue weighted by molar-refractivity contribution is 7.99. The maximum atomic E-state index is 12.3. The smallest absolute Gasteiger partial charge is 0.319 e. The molecule has 0 unspecified atom stereocenters. The number of amides is 2. The van der Waals surface area contributed by atoms with Crippen molar-refractivity contribution in [2.45, 2.75) is 23.5 Å². The van der Waals surface area contributed by atoms with Gasteiger partial charge in [-0.2, -0.15) is 0 Å². The second-order valence-electron chi connectivity index (χ2n) is 6.07. The van der Waals surface area contributed by atoms with Crippen LogP contribution in [-0.2, 0) is 6.54 Å². The molecular formula is C21H22N4O3S. The number of anilines is 1. The van der Waals surface area contributed by atoms with Gasteiger partial charge in [-0.15, -0.1) is 0 Å². The fourth-order valence-corrected chi connectivity index (χ4v) is 3.53. The number of carbonyl (C=O) groups is 1. The van der Waals surface area contributed by atoms with Gasteiger partial charge in [-0.05, 0) is 54.6 Å². The lowest BCUT2D eigenvalue weighted by atomic mass is 10.2. The zero-order chi connectivity index (χ0) is 20.6. The number of hydrogen-bond acceptors (Lipinski definition) is 6. The fourth-order valence-electron chi connectivity index (χ4n) is 2.72. The molecule has 1 heterocycles. The summed E-state index contributed by atoms with van der Waals surface area (Å²) in [6.45, 7) is 2.25. The SMILES string of the molecule is COc1cccc(CNC(=O)Nc2ccc(Sc3ncccn3)cc2C)c1OC. The summed E-state index contributed by atoms with van der Waals surface area (Å²) in [5.41, 5.74) is 2.51. The number of aryl methyl sites for hydroxylation is 1. The number of urea groups is 1. The van der Waals surface area contributed by atoms with Crippen molar-refractivity contribution < 1.29 is 14.3 Å². The maximum Gasteiger partial charge on any atom is 0.319 e. The van der Waals surface area contributed by atoms with E-state index in [4.69, 9.17) is 9.47 Å². The molecule has 2 amide bonds. The van der Waals surface area contributed by atoms with Crippen LogP contribution in [0.15, 0.2) is 64.9 Å². The fraction of sp³-hybridized carbons (Fsp3) is 0.190. The molecule has 2 aromatic carbocycles. The van der Waals surface area contributed by atoms with Crippen LogP contribution >= 0.6 is 11.8 Å². The number of nitrogens with one attached hydrogen (secondary N) is 2. The minimum Gasteiger partial charge on any atom is -0.493 e. The van der Waals surface area contributed by atoms with Gasteiger partial charge in [-0.3, -0.25) is 0 Å². The van der Waals surface area contributed by atoms with E-state index in [1.54, 1.807) is 32.7 Å². The highest BCUT2D eigenvalue weighted by Crippen LogP contribution is 2.31. The van der Waals surface area contributed by atoms with Crippen LogP contribution in [0.2, 0.25) is 0 Å². The molecular weight excluding hydrogens is 388 g/mol. The van der Waals surface area contributed by atoms with Crippen molar-refractivity contribution >= 4 is 23.5 Å². The van der Waals surface area contributed by atoms with Gasteiger partial charge in [-0.1, -0.05) is 12.1 Å². The topological polar surface area (TPSA) is 85.4 Å². The summed E-state index contributed by atoms with van der Waals surface area (Å²) in [6.07, 6.45) is 3.42. The number of benzene rings is 2. The van der Waals surface area contributed by atoms with Gasteiger partial charge in [0.2, 0.25) is 0 Å². The van der Waals surface area contributed by atoms with Crippen molar-refractivity contribution in [3.05, 3.63) is 66.0 Å². The highest BCUT2D eigenvalue weighted by Gasteiger charge is 2.11. The van der Waals surface area contributed by atoms with E-state index in [0.717, 1.165) is 21.7 Å². The molecule has 0 aliphatic rings. The molecule has 8 heteroatoms. The second-order valence-corrected chi connectivity index (χ2v) is 7.11. The van der Waals surface area contributed by atoms with Gasteiger partial charge in [0.25, 0.3) is 0 Å². The third kappa shape index (κ3) is 5.39. The molecule has 0 bridgehead atoms. The Morgan fingerprint density at radius 2 is 1.86 bits per heavy atom. The van der Waals surface area contributed by atoms with Crippen LogP contribution < -0.4 is 20.1 Å². The van der Waals surface area contributed by atoms with E-state index in [9.17, 15) is 4.79 Å². The Kier molecular flexibility index (Phi) is 6.91. The molecule has 0 fully saturated rings. The predicted octanol–water partition coefficient (Wildman–Crippen LogP) is 4.28. The molecule has 29 heavy (non-hydrogen) atoms. The number of ether oxygens (including phenoxy) is 2. The summed E-state index contributed by atoms with van der Waals surface area (Å²) >= 11 is 1.47. The van der Waals surface area contributed by atoms with Crippen LogP contribution in [0, 0.1) is 6.92 Å². The lowest BCUT2D eigenvalue weighted by molar-refractivity contribution is 0.251. The summed E-state index contributed by atoms with van der Waals surface area (Å²) in [7, 11) is 3.15. The third-order valence-corrected chi connectivity index (χ3v) is 5.00. The number of methoxy groups -OCH3 is 2. The Bertz CT molecular complexity index is 983. The number of carbonyl (C=O) groups excluding carboxylic acids is 1. The molecule has 7 nitrogen and oxygen atoms in total. The van der Waals surface area contributed by atoms with Gasteiger partial charge < -0.3 is 20.1 Å². The summed E-state index contributed by atoms with van der Waals surface area (Å²) < 4.78 is 10.7. The van der Waals surface area contributed by atoms with Gasteiger partial charge in [0.1, 0.15) is 0 Å². The van der Waals surface area contributed by atoms with Crippen LogP contribution in [0.3, 0.4) is 0 Å². The molecule has 3 aromatic rings. The molecule has 3 rings (SSSR count). The Balaban J connectivity index is 1.61. The number of rotatable bonds is 7. The molecule has 0 aliphatic heterocycles. The minimum atomic E-state index is -0.301. The zero-order valence-electron chi connectivity index (χ0n) is 16.4. The standard InChI is InChI=1S/C21H22N4O3S/c1-14-12-16(29-21-22-10-5-11-23-21)8-9-17(14)25-20(26)24-13-15-6-4-7-18(27-2)19(15)28-3/h4-12H,13H2,1-3H3,(H2,24,25,26). The monoisotopic (exact) mass is 410 g/mol. The van der Waals surface area contributed by atoms with Crippen LogP contribution in [0.25, 0.3) is 0 Å². The zero-order valence-corrected chi connectivity index (χ0v) is 17.2. The summed E-state index contributed by atoms with van der Waals surface area (Å²) in [4.78, 5) is 21.8. The first-order valence-corrected chi connectivity index (χ1v) is 9.72. The average molecular weight is 410 g/mol. The molecule has 150 valence electrons. The molecule has 0 saturated heterocycles. The molecule has 0 radical (unpaired) electrons. The van der Waals surface area contributed by atoms with Crippen molar-refractivity contribution in [2.24, 2.45) is 0 Å². The van der Waals surface area contributed by atoms with Crippen molar-refractivity contribution in [1.82, 2.24) is 15.3 Å². The summed E-state index contributed by atoms with van der Waals surface area (Å²) in [5.74, 6) is 1.23. The van der Waals surface area contributed by atoms with Crippen LogP contribution in [0.5, 0.6) is 11.5 Å². The second kappa shape index (κ2) is 9.79. The largest absolute Gasteiger partial charge is 0.493 e. The Morgan fingerprint density at radius 1 is 1.07 bits per heavy atom. The van der Waals surface area contributed by atoms with E-state index in [2.05, 4.69) is 20.6 Å². The van der Waals surface area contributed by atoms with E-state index in [1.807, 2.05) is 43.3 Å². The number of para-hydroxylation sites is 1. The predicted molar refractivity (Wildman–Crippen MR) is 113 cm³/mol. The molecule has 0 aliphatic carbocycles. The van der Waals surface area contributed by atoms with Crippen molar-refractivity contribution in [2.75, 3.05) is 19.5 Å². The number of hydrogen-bond donors (Lipinski definition) is 2. The average Bonchev–Trinajstić information content (AvgIpc) is 2.74. The van der Waals surface area contributed by atoms with Gasteiger partial charge in [0.15, 0.2) is 16.7 Å². The molecule has 0 saturated carbocycles. The van der Waals surface area contributed by atoms with Crippen molar-refractivity contribution in [3.63, 3.8) is 0 Å². The maximum absolute atomic E-state index is 12.3. The number of nitrogens with zero attached hydrogens (tertiary/aromatic N) is 2. The van der Waals surface area contributed by atoms with Gasteiger partial charge in [0, 0.05) is 35.1 Å². The molecule has 2 N–H and O–H groups in total. The lowest BCUT2D eigenvalue weighted by Gasteiger charge is -2.14. The van der Waals surface area contributed by atoms with Gasteiger partial charge in [-0.25, -0.2) is 14.8 Å². The molecule has 0 spiro atoms. The normalized spacial score (nSPS) is 10.3. The van der Waals surface area contributed by atoms with Gasteiger partial charge in [0.05, 0.1) is 14.2 Å². The quantitative estimate of drug-likeness (QED) is 0.566. The van der Waals surface area contributed by atoms with E-state index in [0.29, 0.717) is 23.2 Å². The Labute approximate surface area is 173 Å². The van der Waals surface area contributed by atoms with Crippen LogP contribution in [0.4, 0.5) is 10.5 Å². The molecule has 1 aromatic heterocycles. The highest BCUT2D eigenvalue weighted by atomic mass is 32.2. The van der Waals surface area contributed by atoms with Gasteiger partial charge >= 0.3 is 6.03 Å². The first-order valence-electron chi connectivity index (χ1n) is 8.91. The first kappa shape index (κ1) is 20.5. The summed E-state index contributed by atoms with van der Waals surface area (Å²) in [6, 6.07) is 12.8. The lowest BCUT2D eigenvalue weighted by Crippen LogP contribution is -2.28. The minimum absolute atomic E-state index is 0.301. The van der Waals surface area contributed by atoms with E-state index >= 15 is 0 Å². The summed E-state index contributed by atoms with van der Waals surface area (Å²) in [5, 5.41) is 6.40. The molecule has 0 atom stereocenters. The first-order chi connectivity index (χ1) is 14.1. The van der Waals surface area contributed by atoms with E-state index in [-0.39, 0.29) is 6.03 Å². The van der Waals surface area contributed by atoms with Crippen molar-refractivity contribution in [1.29, 1.82) is 0 Å². The number of aromatic nitrogens is 2. The van der Waals surface area contributed by atoms with Crippen LogP contribution in [0.1, 0.15) is 11.1 Å². The van der Waals surface area contributed by atoms with Crippen LogP contribution in [-0.4, -0.2) is 30.2 Å². The Hall–Kier alpha value is -3.26. The third-order valence-electron chi connectivity index (χ3n) is 4.12. The van der Waals surface area contributed by atoms with Crippen molar-refractivity contribution in [3.8, 4) is 11.5 Å². The Morgan fingerprint density at radius 3 is 2.55 bits per heavy atom.